The quantitative estimate of drug-likeness (QED) is 0.755. The highest BCUT2D eigenvalue weighted by Gasteiger charge is 2.16. The lowest BCUT2D eigenvalue weighted by molar-refractivity contribution is 0.619. The zero-order chi connectivity index (χ0) is 11.0. The number of hydrogen-bond donors (Lipinski definition) is 2. The van der Waals surface area contributed by atoms with Crippen LogP contribution in [0, 0.1) is 0 Å². The van der Waals surface area contributed by atoms with Crippen LogP contribution in [0.3, 0.4) is 0 Å². The maximum atomic E-state index is 11.8. The van der Waals surface area contributed by atoms with E-state index in [1.165, 1.54) is 11.3 Å². The Morgan fingerprint density at radius 2 is 2.38 bits per heavy atom. The minimum absolute atomic E-state index is 0.0329. The van der Waals surface area contributed by atoms with E-state index in [9.17, 15) is 4.79 Å². The summed E-state index contributed by atoms with van der Waals surface area (Å²) in [5, 5.41) is 5.08. The van der Waals surface area contributed by atoms with Crippen LogP contribution in [0.2, 0.25) is 0 Å². The van der Waals surface area contributed by atoms with Crippen molar-refractivity contribution in [3.63, 3.8) is 0 Å². The molecule has 16 heavy (non-hydrogen) atoms. The first-order chi connectivity index (χ1) is 7.84. The standard InChI is InChI=1S/C10H10N4OS/c15-10-6-1-2-11-3-7(6)13-9(14-10)8-4-16-5-12-8/h4-5,11H,1-3H2,(H,13,14,15). The van der Waals surface area contributed by atoms with Crippen molar-refractivity contribution < 1.29 is 0 Å². The Balaban J connectivity index is 2.16. The number of rotatable bonds is 1. The van der Waals surface area contributed by atoms with E-state index in [4.69, 9.17) is 0 Å². The summed E-state index contributed by atoms with van der Waals surface area (Å²) in [6.07, 6.45) is 0.745. The molecular formula is C10H10N4OS. The molecule has 5 nitrogen and oxygen atoms in total. The molecule has 0 bridgehead atoms. The molecule has 0 aromatic carbocycles. The molecule has 0 unspecified atom stereocenters. The fraction of sp³-hybridized carbons (Fsp3) is 0.300. The SMILES string of the molecule is O=c1[nH]c(-c2cscn2)nc2c1CCNC2. The Hall–Kier alpha value is -1.53. The van der Waals surface area contributed by atoms with Crippen molar-refractivity contribution in [2.24, 2.45) is 0 Å². The molecular weight excluding hydrogens is 224 g/mol. The van der Waals surface area contributed by atoms with E-state index in [0.717, 1.165) is 29.9 Å². The van der Waals surface area contributed by atoms with Gasteiger partial charge in [0.05, 0.1) is 11.2 Å². The van der Waals surface area contributed by atoms with Crippen LogP contribution < -0.4 is 10.9 Å². The first-order valence-electron chi connectivity index (χ1n) is 5.06. The molecule has 2 aromatic rings. The van der Waals surface area contributed by atoms with Crippen LogP contribution in [0.1, 0.15) is 11.3 Å². The molecule has 6 heteroatoms. The van der Waals surface area contributed by atoms with Crippen LogP contribution in [-0.4, -0.2) is 21.5 Å². The van der Waals surface area contributed by atoms with Gasteiger partial charge in [-0.25, -0.2) is 9.97 Å². The van der Waals surface area contributed by atoms with Crippen LogP contribution in [0.25, 0.3) is 11.5 Å². The fourth-order valence-corrected chi connectivity index (χ4v) is 2.36. The number of hydrogen-bond acceptors (Lipinski definition) is 5. The Morgan fingerprint density at radius 1 is 1.44 bits per heavy atom. The van der Waals surface area contributed by atoms with Gasteiger partial charge < -0.3 is 10.3 Å². The lowest BCUT2D eigenvalue weighted by atomic mass is 10.1. The van der Waals surface area contributed by atoms with Gasteiger partial charge in [0.15, 0.2) is 5.82 Å². The highest BCUT2D eigenvalue weighted by molar-refractivity contribution is 7.07. The number of nitrogens with one attached hydrogen (secondary N) is 2. The number of aromatic amines is 1. The number of fused-ring (bicyclic) bond motifs is 1. The second-order valence-electron chi connectivity index (χ2n) is 3.64. The molecule has 0 atom stereocenters. The maximum Gasteiger partial charge on any atom is 0.254 e. The molecule has 0 spiro atoms. The van der Waals surface area contributed by atoms with E-state index >= 15 is 0 Å². The van der Waals surface area contributed by atoms with E-state index in [-0.39, 0.29) is 5.56 Å². The summed E-state index contributed by atoms with van der Waals surface area (Å²) < 4.78 is 0. The molecule has 0 amide bonds. The van der Waals surface area contributed by atoms with Crippen molar-refractivity contribution in [1.29, 1.82) is 0 Å². The van der Waals surface area contributed by atoms with Crippen LogP contribution in [0.15, 0.2) is 15.7 Å². The van der Waals surface area contributed by atoms with Crippen molar-refractivity contribution in [1.82, 2.24) is 20.3 Å². The lowest BCUT2D eigenvalue weighted by Gasteiger charge is -2.15. The third kappa shape index (κ3) is 1.56. The van der Waals surface area contributed by atoms with Gasteiger partial charge >= 0.3 is 0 Å². The third-order valence-electron chi connectivity index (χ3n) is 2.62. The number of thiazole rings is 1. The van der Waals surface area contributed by atoms with Gasteiger partial charge in [-0.05, 0) is 13.0 Å². The molecule has 3 rings (SSSR count). The summed E-state index contributed by atoms with van der Waals surface area (Å²) in [6.45, 7) is 1.50. The van der Waals surface area contributed by atoms with Gasteiger partial charge in [0.1, 0.15) is 5.69 Å². The molecule has 3 heterocycles. The average Bonchev–Trinajstić information content (AvgIpc) is 2.82. The van der Waals surface area contributed by atoms with Crippen molar-refractivity contribution in [3.05, 3.63) is 32.5 Å². The molecule has 1 aliphatic heterocycles. The fourth-order valence-electron chi connectivity index (χ4n) is 1.82. The number of aromatic nitrogens is 3. The number of H-pyrrole nitrogens is 1. The molecule has 0 aliphatic carbocycles. The van der Waals surface area contributed by atoms with E-state index in [1.807, 2.05) is 5.38 Å². The largest absolute Gasteiger partial charge is 0.311 e. The van der Waals surface area contributed by atoms with E-state index < -0.39 is 0 Å². The zero-order valence-corrected chi connectivity index (χ0v) is 9.30. The van der Waals surface area contributed by atoms with Gasteiger partial charge in [-0.3, -0.25) is 4.79 Å². The monoisotopic (exact) mass is 234 g/mol. The zero-order valence-electron chi connectivity index (χ0n) is 8.49. The minimum Gasteiger partial charge on any atom is -0.311 e. The average molecular weight is 234 g/mol. The van der Waals surface area contributed by atoms with E-state index in [0.29, 0.717) is 12.4 Å². The Bertz CT molecular complexity index is 561. The maximum absolute atomic E-state index is 11.8. The molecule has 2 aromatic heterocycles. The van der Waals surface area contributed by atoms with Gasteiger partial charge in [0.2, 0.25) is 0 Å². The predicted molar refractivity (Wildman–Crippen MR) is 61.4 cm³/mol. The summed E-state index contributed by atoms with van der Waals surface area (Å²) in [6, 6.07) is 0. The van der Waals surface area contributed by atoms with Crippen LogP contribution in [-0.2, 0) is 13.0 Å². The Kier molecular flexibility index (Phi) is 2.30. The van der Waals surface area contributed by atoms with Crippen LogP contribution in [0.4, 0.5) is 0 Å². The van der Waals surface area contributed by atoms with E-state index in [2.05, 4.69) is 20.3 Å². The Morgan fingerprint density at radius 3 is 3.19 bits per heavy atom. The smallest absolute Gasteiger partial charge is 0.254 e. The second-order valence-corrected chi connectivity index (χ2v) is 4.36. The summed E-state index contributed by atoms with van der Waals surface area (Å²) in [5.74, 6) is 0.564. The second kappa shape index (κ2) is 3.80. The van der Waals surface area contributed by atoms with Crippen molar-refractivity contribution in [3.8, 4) is 11.5 Å². The van der Waals surface area contributed by atoms with E-state index in [1.54, 1.807) is 5.51 Å². The highest BCUT2D eigenvalue weighted by Crippen LogP contribution is 2.15. The molecule has 2 N–H and O–H groups in total. The first kappa shape index (κ1) is 9.68. The predicted octanol–water partition coefficient (Wildman–Crippen LogP) is 0.539. The molecule has 0 fully saturated rings. The topological polar surface area (TPSA) is 70.7 Å². The summed E-state index contributed by atoms with van der Waals surface area (Å²) in [4.78, 5) is 23.2. The van der Waals surface area contributed by atoms with Crippen LogP contribution in [0.5, 0.6) is 0 Å². The van der Waals surface area contributed by atoms with Crippen LogP contribution >= 0.6 is 11.3 Å². The van der Waals surface area contributed by atoms with Gasteiger partial charge in [0.25, 0.3) is 5.56 Å². The highest BCUT2D eigenvalue weighted by atomic mass is 32.1. The van der Waals surface area contributed by atoms with Gasteiger partial charge in [-0.15, -0.1) is 11.3 Å². The van der Waals surface area contributed by atoms with Crippen molar-refractivity contribution >= 4 is 11.3 Å². The lowest BCUT2D eigenvalue weighted by Crippen LogP contribution is -2.31. The number of nitrogens with zero attached hydrogens (tertiary/aromatic N) is 2. The van der Waals surface area contributed by atoms with Gasteiger partial charge in [-0.1, -0.05) is 0 Å². The molecule has 82 valence electrons. The van der Waals surface area contributed by atoms with Crippen molar-refractivity contribution in [2.75, 3.05) is 6.54 Å². The summed E-state index contributed by atoms with van der Waals surface area (Å²) in [7, 11) is 0. The molecule has 0 radical (unpaired) electrons. The molecule has 0 saturated carbocycles. The summed E-state index contributed by atoms with van der Waals surface area (Å²) in [5.41, 5.74) is 4.08. The molecule has 1 aliphatic rings. The van der Waals surface area contributed by atoms with Gasteiger partial charge in [-0.2, -0.15) is 0 Å². The normalized spacial score (nSPS) is 14.8. The van der Waals surface area contributed by atoms with Crippen molar-refractivity contribution in [2.45, 2.75) is 13.0 Å². The van der Waals surface area contributed by atoms with Gasteiger partial charge in [0, 0.05) is 17.5 Å². The Labute approximate surface area is 95.6 Å². The summed E-state index contributed by atoms with van der Waals surface area (Å²) >= 11 is 1.49. The first-order valence-corrected chi connectivity index (χ1v) is 6.00. The molecule has 0 saturated heterocycles. The minimum atomic E-state index is -0.0329. The third-order valence-corrected chi connectivity index (χ3v) is 3.21.